The zero-order valence-corrected chi connectivity index (χ0v) is 15.2. The van der Waals surface area contributed by atoms with Gasteiger partial charge in [-0.05, 0) is 50.8 Å². The first kappa shape index (κ1) is 18.2. The van der Waals surface area contributed by atoms with Gasteiger partial charge in [0.15, 0.2) is 0 Å². The molecule has 1 aromatic carbocycles. The van der Waals surface area contributed by atoms with Crippen molar-refractivity contribution < 1.29 is 13.2 Å². The summed E-state index contributed by atoms with van der Waals surface area (Å²) in [5.41, 5.74) is 0.187. The van der Waals surface area contributed by atoms with Crippen molar-refractivity contribution in [2.24, 2.45) is 5.92 Å². The molecule has 1 fully saturated rings. The van der Waals surface area contributed by atoms with E-state index in [-0.39, 0.29) is 27.4 Å². The predicted octanol–water partition coefficient (Wildman–Crippen LogP) is 2.90. The lowest BCUT2D eigenvalue weighted by atomic mass is 10.0. The second-order valence-corrected chi connectivity index (χ2v) is 8.70. The van der Waals surface area contributed by atoms with Crippen molar-refractivity contribution >= 4 is 27.5 Å². The normalized spacial score (nSPS) is 17.4. The average molecular weight is 359 g/mol. The molecule has 1 N–H and O–H groups in total. The number of amides is 1. The van der Waals surface area contributed by atoms with Gasteiger partial charge < -0.3 is 5.32 Å². The molecule has 1 aliphatic heterocycles. The Kier molecular flexibility index (Phi) is 5.70. The Morgan fingerprint density at radius 1 is 1.30 bits per heavy atom. The van der Waals surface area contributed by atoms with Gasteiger partial charge in [-0.2, -0.15) is 4.31 Å². The van der Waals surface area contributed by atoms with E-state index in [9.17, 15) is 13.2 Å². The molecule has 23 heavy (non-hydrogen) atoms. The lowest BCUT2D eigenvalue weighted by molar-refractivity contribution is 0.0943. The van der Waals surface area contributed by atoms with Gasteiger partial charge in [0.25, 0.3) is 5.91 Å². The van der Waals surface area contributed by atoms with Crippen molar-refractivity contribution in [1.82, 2.24) is 9.62 Å². The Morgan fingerprint density at radius 2 is 1.91 bits per heavy atom. The highest BCUT2D eigenvalue weighted by molar-refractivity contribution is 7.89. The molecule has 128 valence electrons. The molecule has 2 rings (SSSR count). The molecule has 0 aliphatic carbocycles. The smallest absolute Gasteiger partial charge is 0.253 e. The maximum atomic E-state index is 12.8. The molecule has 0 unspecified atom stereocenters. The third-order valence-electron chi connectivity index (χ3n) is 3.98. The molecule has 0 atom stereocenters. The van der Waals surface area contributed by atoms with Crippen LogP contribution < -0.4 is 5.32 Å². The molecule has 1 saturated heterocycles. The maximum absolute atomic E-state index is 12.8. The fourth-order valence-corrected chi connectivity index (χ4v) is 4.25. The van der Waals surface area contributed by atoms with E-state index in [0.29, 0.717) is 19.0 Å². The van der Waals surface area contributed by atoms with Crippen molar-refractivity contribution in [3.8, 4) is 0 Å². The third kappa shape index (κ3) is 4.25. The Morgan fingerprint density at radius 3 is 2.48 bits per heavy atom. The van der Waals surface area contributed by atoms with E-state index in [1.54, 1.807) is 0 Å². The van der Waals surface area contributed by atoms with Gasteiger partial charge in [0, 0.05) is 19.1 Å². The van der Waals surface area contributed by atoms with Crippen molar-refractivity contribution in [2.75, 3.05) is 13.1 Å². The van der Waals surface area contributed by atoms with Crippen LogP contribution in [0.1, 0.15) is 44.0 Å². The van der Waals surface area contributed by atoms with Crippen LogP contribution in [0.2, 0.25) is 5.02 Å². The fourth-order valence-electron chi connectivity index (χ4n) is 2.55. The van der Waals surface area contributed by atoms with E-state index in [1.807, 2.05) is 13.8 Å². The van der Waals surface area contributed by atoms with E-state index in [4.69, 9.17) is 11.6 Å². The number of piperidine rings is 1. The van der Waals surface area contributed by atoms with E-state index in [1.165, 1.54) is 22.5 Å². The highest BCUT2D eigenvalue weighted by Gasteiger charge is 2.29. The van der Waals surface area contributed by atoms with Crippen molar-refractivity contribution in [3.63, 3.8) is 0 Å². The molecule has 1 amide bonds. The second-order valence-electron chi connectivity index (χ2n) is 6.36. The Hall–Kier alpha value is -1.11. The molecule has 0 aromatic heterocycles. The predicted molar refractivity (Wildman–Crippen MR) is 91.2 cm³/mol. The summed E-state index contributed by atoms with van der Waals surface area (Å²) in [5, 5.41) is 2.98. The van der Waals surface area contributed by atoms with Crippen LogP contribution in [-0.4, -0.2) is 37.8 Å². The number of halogens is 1. The van der Waals surface area contributed by atoms with Crippen LogP contribution in [-0.2, 0) is 10.0 Å². The SMILES string of the molecule is CC1CCN(S(=O)(=O)c2ccc(Cl)c(C(=O)NC(C)C)c2)CC1. The summed E-state index contributed by atoms with van der Waals surface area (Å²) in [6.07, 6.45) is 1.71. The van der Waals surface area contributed by atoms with E-state index in [0.717, 1.165) is 12.8 Å². The fraction of sp³-hybridized carbons (Fsp3) is 0.562. The summed E-state index contributed by atoms with van der Waals surface area (Å²) in [4.78, 5) is 12.3. The highest BCUT2D eigenvalue weighted by atomic mass is 35.5. The lowest BCUT2D eigenvalue weighted by Crippen LogP contribution is -2.38. The summed E-state index contributed by atoms with van der Waals surface area (Å²) in [7, 11) is -3.59. The van der Waals surface area contributed by atoms with E-state index >= 15 is 0 Å². The summed E-state index contributed by atoms with van der Waals surface area (Å²) >= 11 is 6.06. The standard InChI is InChI=1S/C16H23ClN2O3S/c1-11(2)18-16(20)14-10-13(4-5-15(14)17)23(21,22)19-8-6-12(3)7-9-19/h4-5,10-12H,6-9H2,1-3H3,(H,18,20). The zero-order chi connectivity index (χ0) is 17.2. The van der Waals surface area contributed by atoms with Crippen molar-refractivity contribution in [1.29, 1.82) is 0 Å². The second kappa shape index (κ2) is 7.20. The summed E-state index contributed by atoms with van der Waals surface area (Å²) in [5.74, 6) is 0.174. The average Bonchev–Trinajstić information content (AvgIpc) is 2.47. The largest absolute Gasteiger partial charge is 0.350 e. The molecule has 1 aromatic rings. The maximum Gasteiger partial charge on any atom is 0.253 e. The van der Waals surface area contributed by atoms with Gasteiger partial charge in [0.1, 0.15) is 0 Å². The Labute approximate surface area is 143 Å². The molecule has 0 bridgehead atoms. The summed E-state index contributed by atoms with van der Waals surface area (Å²) in [6.45, 7) is 6.82. The van der Waals surface area contributed by atoms with E-state index in [2.05, 4.69) is 12.2 Å². The van der Waals surface area contributed by atoms with Crippen LogP contribution in [0.3, 0.4) is 0 Å². The van der Waals surface area contributed by atoms with Crippen molar-refractivity contribution in [2.45, 2.75) is 44.6 Å². The quantitative estimate of drug-likeness (QED) is 0.899. The molecule has 5 nitrogen and oxygen atoms in total. The Bertz CT molecular complexity index is 681. The van der Waals surface area contributed by atoms with Gasteiger partial charge in [-0.3, -0.25) is 4.79 Å². The minimum atomic E-state index is -3.59. The first-order valence-corrected chi connectivity index (χ1v) is 9.64. The van der Waals surface area contributed by atoms with Crippen molar-refractivity contribution in [3.05, 3.63) is 28.8 Å². The molecule has 7 heteroatoms. The molecular formula is C16H23ClN2O3S. The summed E-state index contributed by atoms with van der Waals surface area (Å²) in [6, 6.07) is 4.24. The van der Waals surface area contributed by atoms with Crippen LogP contribution in [0.15, 0.2) is 23.1 Å². The van der Waals surface area contributed by atoms with Gasteiger partial charge in [0.2, 0.25) is 10.0 Å². The number of nitrogens with one attached hydrogen (secondary N) is 1. The first-order valence-electron chi connectivity index (χ1n) is 7.82. The number of carbonyl (C=O) groups excluding carboxylic acids is 1. The third-order valence-corrected chi connectivity index (χ3v) is 6.21. The minimum Gasteiger partial charge on any atom is -0.350 e. The number of sulfonamides is 1. The minimum absolute atomic E-state index is 0.0533. The first-order chi connectivity index (χ1) is 10.7. The number of nitrogens with zero attached hydrogens (tertiary/aromatic N) is 1. The zero-order valence-electron chi connectivity index (χ0n) is 13.7. The molecule has 1 heterocycles. The number of carbonyl (C=O) groups is 1. The number of benzene rings is 1. The van der Waals surface area contributed by atoms with Gasteiger partial charge in [-0.15, -0.1) is 0 Å². The van der Waals surface area contributed by atoms with Crippen LogP contribution in [0.4, 0.5) is 0 Å². The van der Waals surface area contributed by atoms with E-state index < -0.39 is 10.0 Å². The topological polar surface area (TPSA) is 66.5 Å². The summed E-state index contributed by atoms with van der Waals surface area (Å²) < 4.78 is 27.0. The van der Waals surface area contributed by atoms with Crippen LogP contribution in [0, 0.1) is 5.92 Å². The molecule has 0 radical (unpaired) electrons. The van der Waals surface area contributed by atoms with Gasteiger partial charge >= 0.3 is 0 Å². The Balaban J connectivity index is 2.31. The van der Waals surface area contributed by atoms with Crippen LogP contribution >= 0.6 is 11.6 Å². The number of hydrogen-bond acceptors (Lipinski definition) is 3. The van der Waals surface area contributed by atoms with Crippen LogP contribution in [0.25, 0.3) is 0 Å². The molecule has 0 spiro atoms. The number of hydrogen-bond donors (Lipinski definition) is 1. The molecule has 0 saturated carbocycles. The molecular weight excluding hydrogens is 336 g/mol. The van der Waals surface area contributed by atoms with Gasteiger partial charge in [0.05, 0.1) is 15.5 Å². The number of rotatable bonds is 4. The lowest BCUT2D eigenvalue weighted by Gasteiger charge is -2.29. The highest BCUT2D eigenvalue weighted by Crippen LogP contribution is 2.26. The van der Waals surface area contributed by atoms with Crippen LogP contribution in [0.5, 0.6) is 0 Å². The monoisotopic (exact) mass is 358 g/mol. The van der Waals surface area contributed by atoms with Gasteiger partial charge in [-0.25, -0.2) is 8.42 Å². The van der Waals surface area contributed by atoms with Gasteiger partial charge in [-0.1, -0.05) is 18.5 Å². The molecule has 1 aliphatic rings.